The molecule has 2 N–H and O–H groups in total. The number of sulfonamides is 1. The summed E-state index contributed by atoms with van der Waals surface area (Å²) in [6, 6.07) is 1.61. The lowest BCUT2D eigenvalue weighted by Gasteiger charge is -2.13. The van der Waals surface area contributed by atoms with Crippen molar-refractivity contribution in [3.05, 3.63) is 15.8 Å². The Morgan fingerprint density at radius 1 is 1.62 bits per heavy atom. The van der Waals surface area contributed by atoms with Gasteiger partial charge in [0, 0.05) is 23.3 Å². The van der Waals surface area contributed by atoms with Crippen molar-refractivity contribution in [2.45, 2.75) is 18.4 Å². The highest BCUT2D eigenvalue weighted by Gasteiger charge is 2.23. The predicted molar refractivity (Wildman–Crippen MR) is 65.6 cm³/mol. The second-order valence-electron chi connectivity index (χ2n) is 3.30. The van der Waals surface area contributed by atoms with Crippen LogP contribution in [0.25, 0.3) is 0 Å². The zero-order valence-corrected chi connectivity index (χ0v) is 10.9. The van der Waals surface area contributed by atoms with Crippen LogP contribution < -0.4 is 5.73 Å². The highest BCUT2D eigenvalue weighted by Crippen LogP contribution is 2.27. The second-order valence-corrected chi connectivity index (χ2v) is 6.66. The fourth-order valence-corrected chi connectivity index (χ4v) is 3.83. The minimum absolute atomic E-state index is 0.0651. The summed E-state index contributed by atoms with van der Waals surface area (Å²) >= 11 is 1.39. The lowest BCUT2D eigenvalue weighted by molar-refractivity contribution is 0.503. The van der Waals surface area contributed by atoms with E-state index in [1.165, 1.54) is 18.4 Å². The number of hydrogen-bond acceptors (Lipinski definition) is 4. The lowest BCUT2D eigenvalue weighted by Crippen LogP contribution is -2.27. The van der Waals surface area contributed by atoms with Gasteiger partial charge in [-0.15, -0.1) is 17.8 Å². The fraction of sp³-hybridized carbons (Fsp3) is 0.400. The van der Waals surface area contributed by atoms with Crippen molar-refractivity contribution >= 4 is 21.4 Å². The Bertz CT molecular complexity index is 511. The van der Waals surface area contributed by atoms with Crippen molar-refractivity contribution in [3.8, 4) is 12.3 Å². The lowest BCUT2D eigenvalue weighted by atomic mass is 10.4. The van der Waals surface area contributed by atoms with E-state index < -0.39 is 10.0 Å². The van der Waals surface area contributed by atoms with Crippen molar-refractivity contribution in [3.63, 3.8) is 0 Å². The number of terminal acetylenes is 1. The molecule has 1 heterocycles. The van der Waals surface area contributed by atoms with Crippen LogP contribution in [-0.2, 0) is 16.6 Å². The van der Waals surface area contributed by atoms with Crippen molar-refractivity contribution < 1.29 is 8.42 Å². The van der Waals surface area contributed by atoms with Crippen LogP contribution in [0.15, 0.2) is 11.0 Å². The van der Waals surface area contributed by atoms with E-state index in [0.717, 1.165) is 14.1 Å². The van der Waals surface area contributed by atoms with Gasteiger partial charge in [-0.2, -0.15) is 4.31 Å². The average Bonchev–Trinajstić information content (AvgIpc) is 2.60. The molecule has 1 aromatic rings. The Labute approximate surface area is 100 Å². The first kappa shape index (κ1) is 13.2. The maximum Gasteiger partial charge on any atom is 0.244 e. The summed E-state index contributed by atoms with van der Waals surface area (Å²) in [5.74, 6) is 2.31. The molecule has 0 radical (unpaired) electrons. The van der Waals surface area contributed by atoms with Gasteiger partial charge in [-0.1, -0.05) is 5.92 Å². The summed E-state index contributed by atoms with van der Waals surface area (Å²) in [5.41, 5.74) is 5.48. The summed E-state index contributed by atoms with van der Waals surface area (Å²) in [4.78, 5) is 1.89. The molecule has 0 aliphatic heterocycles. The quantitative estimate of drug-likeness (QED) is 0.811. The minimum Gasteiger partial charge on any atom is -0.326 e. The summed E-state index contributed by atoms with van der Waals surface area (Å²) in [5, 5.41) is 0. The number of nitrogens with two attached hydrogens (primary N) is 1. The van der Waals surface area contributed by atoms with Gasteiger partial charge in [0.05, 0.1) is 11.4 Å². The van der Waals surface area contributed by atoms with Crippen LogP contribution in [0.4, 0.5) is 0 Å². The minimum atomic E-state index is -3.48. The van der Waals surface area contributed by atoms with Crippen LogP contribution in [0.3, 0.4) is 0 Å². The monoisotopic (exact) mass is 258 g/mol. The molecule has 0 saturated heterocycles. The van der Waals surface area contributed by atoms with Gasteiger partial charge < -0.3 is 5.73 Å². The third-order valence-electron chi connectivity index (χ3n) is 2.13. The van der Waals surface area contributed by atoms with E-state index in [0.29, 0.717) is 11.4 Å². The Morgan fingerprint density at radius 3 is 2.69 bits per heavy atom. The Kier molecular flexibility index (Phi) is 4.10. The van der Waals surface area contributed by atoms with Gasteiger partial charge in [0.25, 0.3) is 0 Å². The molecule has 0 aromatic carbocycles. The molecule has 0 bridgehead atoms. The van der Waals surface area contributed by atoms with Gasteiger partial charge >= 0.3 is 0 Å². The number of hydrogen-bond donors (Lipinski definition) is 1. The SMILES string of the molecule is C#CCN(C)S(=O)(=O)c1cc(CN)sc1C. The van der Waals surface area contributed by atoms with Gasteiger partial charge in [0.15, 0.2) is 0 Å². The standard InChI is InChI=1S/C10H14N2O2S2/c1-4-5-12(3)16(13,14)10-6-9(7-11)15-8(10)2/h1,6H,5,7,11H2,2-3H3. The molecule has 16 heavy (non-hydrogen) atoms. The van der Waals surface area contributed by atoms with Crippen LogP contribution in [0.5, 0.6) is 0 Å². The molecule has 0 aliphatic rings. The van der Waals surface area contributed by atoms with E-state index in [-0.39, 0.29) is 6.54 Å². The molecule has 6 heteroatoms. The van der Waals surface area contributed by atoms with E-state index >= 15 is 0 Å². The molecule has 1 rings (SSSR count). The van der Waals surface area contributed by atoms with E-state index in [1.807, 2.05) is 0 Å². The van der Waals surface area contributed by atoms with Crippen LogP contribution in [0, 0.1) is 19.3 Å². The Hall–Kier alpha value is -0.870. The van der Waals surface area contributed by atoms with Crippen LogP contribution in [0.1, 0.15) is 9.75 Å². The maximum atomic E-state index is 12.1. The first-order chi connectivity index (χ1) is 7.43. The van der Waals surface area contributed by atoms with Gasteiger partial charge in [0.2, 0.25) is 10.0 Å². The zero-order chi connectivity index (χ0) is 12.3. The molecule has 88 valence electrons. The summed E-state index contributed by atoms with van der Waals surface area (Å²) in [7, 11) is -2.01. The van der Waals surface area contributed by atoms with Crippen molar-refractivity contribution in [1.82, 2.24) is 4.31 Å². The summed E-state index contributed by atoms with van der Waals surface area (Å²) < 4.78 is 25.3. The zero-order valence-electron chi connectivity index (χ0n) is 9.23. The third kappa shape index (κ3) is 2.44. The average molecular weight is 258 g/mol. The number of nitrogens with zero attached hydrogens (tertiary/aromatic N) is 1. The van der Waals surface area contributed by atoms with Gasteiger partial charge in [-0.05, 0) is 13.0 Å². The molecule has 4 nitrogen and oxygen atoms in total. The van der Waals surface area contributed by atoms with E-state index in [4.69, 9.17) is 12.2 Å². The first-order valence-electron chi connectivity index (χ1n) is 4.62. The molecule has 0 spiro atoms. The Morgan fingerprint density at radius 2 is 2.25 bits per heavy atom. The smallest absolute Gasteiger partial charge is 0.244 e. The molecule has 1 aromatic heterocycles. The number of rotatable bonds is 4. The topological polar surface area (TPSA) is 63.4 Å². The van der Waals surface area contributed by atoms with Gasteiger partial charge in [-0.25, -0.2) is 8.42 Å². The molecule has 0 aliphatic carbocycles. The molecule has 0 unspecified atom stereocenters. The van der Waals surface area contributed by atoms with Crippen molar-refractivity contribution in [2.75, 3.05) is 13.6 Å². The molecule has 0 saturated carbocycles. The highest BCUT2D eigenvalue weighted by atomic mass is 32.2. The maximum absolute atomic E-state index is 12.1. The largest absolute Gasteiger partial charge is 0.326 e. The van der Waals surface area contributed by atoms with E-state index in [1.54, 1.807) is 13.0 Å². The molecular formula is C10H14N2O2S2. The Balaban J connectivity index is 3.17. The molecule has 0 amide bonds. The highest BCUT2D eigenvalue weighted by molar-refractivity contribution is 7.89. The van der Waals surface area contributed by atoms with Gasteiger partial charge in [-0.3, -0.25) is 0 Å². The molecule has 0 atom stereocenters. The fourth-order valence-electron chi connectivity index (χ4n) is 1.26. The first-order valence-corrected chi connectivity index (χ1v) is 6.88. The third-order valence-corrected chi connectivity index (χ3v) is 5.26. The molecule has 0 fully saturated rings. The van der Waals surface area contributed by atoms with Crippen molar-refractivity contribution in [2.24, 2.45) is 5.73 Å². The second kappa shape index (κ2) is 4.97. The van der Waals surface area contributed by atoms with Crippen molar-refractivity contribution in [1.29, 1.82) is 0 Å². The number of thiophene rings is 1. The summed E-state index contributed by atoms with van der Waals surface area (Å²) in [6.07, 6.45) is 5.10. The molecular weight excluding hydrogens is 244 g/mol. The van der Waals surface area contributed by atoms with E-state index in [2.05, 4.69) is 5.92 Å². The van der Waals surface area contributed by atoms with E-state index in [9.17, 15) is 8.42 Å². The summed E-state index contributed by atoms with van der Waals surface area (Å²) in [6.45, 7) is 2.18. The van der Waals surface area contributed by atoms with Gasteiger partial charge in [0.1, 0.15) is 0 Å². The predicted octanol–water partition coefficient (Wildman–Crippen LogP) is 0.769. The normalized spacial score (nSPS) is 11.7. The van der Waals surface area contributed by atoms with Crippen LogP contribution in [0.2, 0.25) is 0 Å². The van der Waals surface area contributed by atoms with Crippen LogP contribution >= 0.6 is 11.3 Å². The number of aryl methyl sites for hydroxylation is 1. The van der Waals surface area contributed by atoms with Crippen LogP contribution in [-0.4, -0.2) is 26.3 Å².